The third-order valence-corrected chi connectivity index (χ3v) is 6.00. The molecular weight excluding hydrogens is 414 g/mol. The Labute approximate surface area is 182 Å². The van der Waals surface area contributed by atoms with E-state index in [0.717, 1.165) is 32.8 Å². The van der Waals surface area contributed by atoms with Crippen LogP contribution in [0.5, 0.6) is 0 Å². The molecule has 3 aromatic heterocycles. The fraction of sp³-hybridized carbons (Fsp3) is 0.174. The molecule has 0 radical (unpaired) electrons. The van der Waals surface area contributed by atoms with Crippen molar-refractivity contribution in [1.82, 2.24) is 23.1 Å². The fourth-order valence-electron chi connectivity index (χ4n) is 4.10. The summed E-state index contributed by atoms with van der Waals surface area (Å²) in [6, 6.07) is 15.7. The Kier molecular flexibility index (Phi) is 4.20. The summed E-state index contributed by atoms with van der Waals surface area (Å²) in [6.45, 7) is 4.00. The molecule has 0 atom stereocenters. The Hall–Kier alpha value is -3.58. The van der Waals surface area contributed by atoms with E-state index in [1.165, 1.54) is 11.6 Å². The van der Waals surface area contributed by atoms with Crippen molar-refractivity contribution < 1.29 is 0 Å². The predicted molar refractivity (Wildman–Crippen MR) is 122 cm³/mol. The van der Waals surface area contributed by atoms with Crippen molar-refractivity contribution in [2.75, 3.05) is 0 Å². The van der Waals surface area contributed by atoms with Gasteiger partial charge in [-0.2, -0.15) is 4.98 Å². The minimum atomic E-state index is -0.410. The van der Waals surface area contributed by atoms with Gasteiger partial charge in [-0.1, -0.05) is 41.4 Å². The summed E-state index contributed by atoms with van der Waals surface area (Å²) < 4.78 is 6.35. The maximum atomic E-state index is 13.1. The molecule has 0 bridgehead atoms. The Balaban J connectivity index is 2.01. The standard InChI is InChI=1S/C23H20ClN5O2/c1-13-5-7-15(8-6-13)18-14(2)28-19-20(26(3)23(31)27(4)21(19)30)25-22(28)29(18)17-11-9-16(24)10-12-17/h5-12H,1-4H3. The average Bonchev–Trinajstić information content (AvgIpc) is 3.28. The maximum Gasteiger partial charge on any atom is 0.332 e. The van der Waals surface area contributed by atoms with Crippen LogP contribution in [0.25, 0.3) is 33.9 Å². The van der Waals surface area contributed by atoms with Gasteiger partial charge >= 0.3 is 5.69 Å². The smallest absolute Gasteiger partial charge is 0.279 e. The molecule has 0 amide bonds. The summed E-state index contributed by atoms with van der Waals surface area (Å²) in [5, 5.41) is 0.630. The topological polar surface area (TPSA) is 66.2 Å². The van der Waals surface area contributed by atoms with Crippen molar-refractivity contribution in [1.29, 1.82) is 0 Å². The van der Waals surface area contributed by atoms with Crippen molar-refractivity contribution in [3.8, 4) is 16.9 Å². The maximum absolute atomic E-state index is 13.1. The number of fused-ring (bicyclic) bond motifs is 3. The van der Waals surface area contributed by atoms with Crippen molar-refractivity contribution >= 4 is 28.5 Å². The average molecular weight is 434 g/mol. The van der Waals surface area contributed by atoms with Gasteiger partial charge in [0, 0.05) is 36.1 Å². The van der Waals surface area contributed by atoms with E-state index in [9.17, 15) is 9.59 Å². The molecule has 0 aliphatic heterocycles. The molecule has 0 aliphatic carbocycles. The highest BCUT2D eigenvalue weighted by molar-refractivity contribution is 6.30. The molecule has 0 spiro atoms. The molecule has 0 N–H and O–H groups in total. The van der Waals surface area contributed by atoms with Crippen LogP contribution >= 0.6 is 11.6 Å². The molecule has 0 saturated carbocycles. The lowest BCUT2D eigenvalue weighted by Crippen LogP contribution is -2.37. The molecule has 8 heteroatoms. The summed E-state index contributed by atoms with van der Waals surface area (Å²) in [6.07, 6.45) is 0. The molecule has 0 saturated heterocycles. The van der Waals surface area contributed by atoms with E-state index in [2.05, 4.69) is 24.3 Å². The molecule has 3 heterocycles. The molecule has 5 rings (SSSR count). The number of imidazole rings is 2. The molecule has 0 aliphatic rings. The van der Waals surface area contributed by atoms with Gasteiger partial charge in [-0.05, 0) is 38.1 Å². The largest absolute Gasteiger partial charge is 0.332 e. The van der Waals surface area contributed by atoms with Gasteiger partial charge in [-0.15, -0.1) is 0 Å². The number of rotatable bonds is 2. The van der Waals surface area contributed by atoms with Gasteiger partial charge in [0.1, 0.15) is 0 Å². The van der Waals surface area contributed by atoms with Gasteiger partial charge in [0.2, 0.25) is 5.78 Å². The van der Waals surface area contributed by atoms with E-state index < -0.39 is 5.69 Å². The number of halogens is 1. The van der Waals surface area contributed by atoms with Crippen LogP contribution in [0.1, 0.15) is 11.3 Å². The Morgan fingerprint density at radius 3 is 2.16 bits per heavy atom. The third kappa shape index (κ3) is 2.70. The van der Waals surface area contributed by atoms with E-state index in [1.54, 1.807) is 7.05 Å². The van der Waals surface area contributed by atoms with Crippen LogP contribution < -0.4 is 11.2 Å². The summed E-state index contributed by atoms with van der Waals surface area (Å²) in [7, 11) is 3.11. The first-order valence-corrected chi connectivity index (χ1v) is 10.2. The lowest BCUT2D eigenvalue weighted by Gasteiger charge is -2.11. The van der Waals surface area contributed by atoms with Gasteiger partial charge < -0.3 is 0 Å². The Morgan fingerprint density at radius 1 is 0.871 bits per heavy atom. The van der Waals surface area contributed by atoms with Crippen LogP contribution in [0.2, 0.25) is 5.02 Å². The third-order valence-electron chi connectivity index (χ3n) is 5.75. The highest BCUT2D eigenvalue weighted by atomic mass is 35.5. The number of nitrogens with zero attached hydrogens (tertiary/aromatic N) is 5. The quantitative estimate of drug-likeness (QED) is 0.427. The van der Waals surface area contributed by atoms with Crippen LogP contribution in [0.3, 0.4) is 0 Å². The van der Waals surface area contributed by atoms with E-state index in [4.69, 9.17) is 16.6 Å². The lowest BCUT2D eigenvalue weighted by atomic mass is 10.1. The van der Waals surface area contributed by atoms with Gasteiger partial charge in [-0.3, -0.25) is 22.9 Å². The molecule has 156 valence electrons. The normalized spacial score (nSPS) is 11.6. The van der Waals surface area contributed by atoms with Crippen molar-refractivity contribution in [2.45, 2.75) is 13.8 Å². The minimum absolute atomic E-state index is 0.351. The Bertz CT molecular complexity index is 1600. The van der Waals surface area contributed by atoms with Crippen molar-refractivity contribution in [2.24, 2.45) is 14.1 Å². The first-order valence-electron chi connectivity index (χ1n) is 9.82. The number of aromatic nitrogens is 5. The van der Waals surface area contributed by atoms with Crippen LogP contribution in [-0.4, -0.2) is 23.1 Å². The zero-order chi connectivity index (χ0) is 22.0. The SMILES string of the molecule is Cc1ccc(-c2c(C)n3c4c(=O)n(C)c(=O)n(C)c4nc3n2-c2ccc(Cl)cc2)cc1. The van der Waals surface area contributed by atoms with Crippen LogP contribution in [0, 0.1) is 13.8 Å². The van der Waals surface area contributed by atoms with Crippen LogP contribution in [0.15, 0.2) is 58.1 Å². The van der Waals surface area contributed by atoms with Crippen molar-refractivity contribution in [3.63, 3.8) is 0 Å². The first-order chi connectivity index (χ1) is 14.8. The Morgan fingerprint density at radius 2 is 1.52 bits per heavy atom. The molecule has 5 aromatic rings. The minimum Gasteiger partial charge on any atom is -0.279 e. The highest BCUT2D eigenvalue weighted by Gasteiger charge is 2.24. The zero-order valence-electron chi connectivity index (χ0n) is 17.5. The number of hydrogen-bond donors (Lipinski definition) is 0. The second-order valence-electron chi connectivity index (χ2n) is 7.74. The van der Waals surface area contributed by atoms with E-state index in [0.29, 0.717) is 22.0 Å². The molecule has 2 aromatic carbocycles. The zero-order valence-corrected chi connectivity index (χ0v) is 18.3. The van der Waals surface area contributed by atoms with E-state index in [-0.39, 0.29) is 5.56 Å². The lowest BCUT2D eigenvalue weighted by molar-refractivity contribution is 0.707. The molecular formula is C23H20ClN5O2. The van der Waals surface area contributed by atoms with Gasteiger partial charge in [0.05, 0.1) is 5.69 Å². The summed E-state index contributed by atoms with van der Waals surface area (Å²) in [4.78, 5) is 30.3. The van der Waals surface area contributed by atoms with Gasteiger partial charge in [0.15, 0.2) is 11.2 Å². The molecule has 7 nitrogen and oxygen atoms in total. The van der Waals surface area contributed by atoms with Gasteiger partial charge in [0.25, 0.3) is 5.56 Å². The van der Waals surface area contributed by atoms with E-state index >= 15 is 0 Å². The fourth-order valence-corrected chi connectivity index (χ4v) is 4.23. The molecule has 0 fully saturated rings. The van der Waals surface area contributed by atoms with Gasteiger partial charge in [-0.25, -0.2) is 4.79 Å². The van der Waals surface area contributed by atoms with Crippen LogP contribution in [0.4, 0.5) is 0 Å². The second kappa shape index (κ2) is 6.72. The summed E-state index contributed by atoms with van der Waals surface area (Å²) in [5.74, 6) is 0.559. The molecule has 0 unspecified atom stereocenters. The summed E-state index contributed by atoms with van der Waals surface area (Å²) >= 11 is 6.13. The molecule has 31 heavy (non-hydrogen) atoms. The highest BCUT2D eigenvalue weighted by Crippen LogP contribution is 2.33. The number of hydrogen-bond acceptors (Lipinski definition) is 3. The second-order valence-corrected chi connectivity index (χ2v) is 8.17. The van der Waals surface area contributed by atoms with E-state index in [1.807, 2.05) is 47.1 Å². The first kappa shape index (κ1) is 19.4. The number of aryl methyl sites for hydroxylation is 3. The monoisotopic (exact) mass is 433 g/mol. The van der Waals surface area contributed by atoms with Crippen LogP contribution in [-0.2, 0) is 14.1 Å². The number of benzene rings is 2. The predicted octanol–water partition coefficient (Wildman–Crippen LogP) is 3.61. The summed E-state index contributed by atoms with van der Waals surface area (Å²) in [5.41, 5.74) is 4.72. The van der Waals surface area contributed by atoms with Crippen molar-refractivity contribution in [3.05, 3.63) is 85.6 Å².